The van der Waals surface area contributed by atoms with Crippen molar-refractivity contribution in [2.24, 2.45) is 5.41 Å². The monoisotopic (exact) mass is 722 g/mol. The lowest BCUT2D eigenvalue weighted by Gasteiger charge is -2.53. The number of rotatable bonds is 6. The van der Waals surface area contributed by atoms with E-state index in [9.17, 15) is 14.4 Å². The zero-order chi connectivity index (χ0) is 35.3. The van der Waals surface area contributed by atoms with Crippen molar-refractivity contribution in [2.45, 2.75) is 33.1 Å². The van der Waals surface area contributed by atoms with Gasteiger partial charge in [0, 0.05) is 82.8 Å². The third-order valence-corrected chi connectivity index (χ3v) is 11.9. The molecule has 2 aromatic carbocycles. The maximum Gasteiger partial charge on any atom is 0.270 e. The number of benzene rings is 2. The third kappa shape index (κ3) is 6.30. The van der Waals surface area contributed by atoms with Gasteiger partial charge in [-0.1, -0.05) is 18.2 Å². The van der Waals surface area contributed by atoms with Gasteiger partial charge in [0.05, 0.1) is 11.3 Å². The molecule has 2 saturated heterocycles. The topological polar surface area (TPSA) is 117 Å². The molecule has 3 aliphatic rings. The van der Waals surface area contributed by atoms with Crippen LogP contribution in [-0.4, -0.2) is 60.5 Å². The quantitative estimate of drug-likeness (QED) is 0.188. The number of anilines is 4. The molecule has 6 heterocycles. The van der Waals surface area contributed by atoms with Crippen molar-refractivity contribution < 1.29 is 23.5 Å². The molecule has 0 saturated carbocycles. The number of ether oxygens (including phenoxy) is 1. The predicted octanol–water partition coefficient (Wildman–Crippen LogP) is 7.35. The molecule has 0 atom stereocenters. The number of hydrogen-bond donors (Lipinski definition) is 2. The molecule has 10 nitrogen and oxygen atoms in total. The summed E-state index contributed by atoms with van der Waals surface area (Å²) < 4.78 is 21.4. The molecule has 0 unspecified atom stereocenters. The molecule has 3 aliphatic heterocycles. The number of nitrogens with zero attached hydrogens (tertiary/aromatic N) is 4. The lowest BCUT2D eigenvalue weighted by molar-refractivity contribution is -0.000511. The summed E-state index contributed by atoms with van der Waals surface area (Å²) in [6, 6.07) is 16.0. The number of nitrogens with one attached hydrogen (secondary N) is 2. The van der Waals surface area contributed by atoms with E-state index in [0.29, 0.717) is 49.5 Å². The Morgan fingerprint density at radius 1 is 0.922 bits per heavy atom. The van der Waals surface area contributed by atoms with Crippen LogP contribution in [0.5, 0.6) is 0 Å². The zero-order valence-electron chi connectivity index (χ0n) is 28.1. The van der Waals surface area contributed by atoms with E-state index in [-0.39, 0.29) is 35.1 Å². The van der Waals surface area contributed by atoms with Gasteiger partial charge in [-0.2, -0.15) is 0 Å². The van der Waals surface area contributed by atoms with Gasteiger partial charge in [-0.05, 0) is 75.1 Å². The smallest absolute Gasteiger partial charge is 0.270 e. The van der Waals surface area contributed by atoms with E-state index in [1.54, 1.807) is 41.6 Å². The minimum Gasteiger partial charge on any atom is -0.381 e. The Labute approximate surface area is 302 Å². The second kappa shape index (κ2) is 13.3. The van der Waals surface area contributed by atoms with E-state index in [2.05, 4.69) is 25.5 Å². The Kier molecular flexibility index (Phi) is 8.65. The van der Waals surface area contributed by atoms with Crippen LogP contribution >= 0.6 is 22.7 Å². The van der Waals surface area contributed by atoms with Crippen LogP contribution in [0.2, 0.25) is 0 Å². The number of aryl methyl sites for hydroxylation is 2. The van der Waals surface area contributed by atoms with E-state index < -0.39 is 11.7 Å². The first-order valence-corrected chi connectivity index (χ1v) is 18.5. The van der Waals surface area contributed by atoms with Crippen molar-refractivity contribution in [3.8, 4) is 10.4 Å². The minimum absolute atomic E-state index is 0.0123. The fourth-order valence-electron chi connectivity index (χ4n) is 7.12. The Balaban J connectivity index is 0.986. The molecule has 2 fully saturated rings. The highest BCUT2D eigenvalue weighted by Gasteiger charge is 2.45. The van der Waals surface area contributed by atoms with Crippen LogP contribution in [0.1, 0.15) is 59.2 Å². The Morgan fingerprint density at radius 2 is 1.69 bits per heavy atom. The summed E-state index contributed by atoms with van der Waals surface area (Å²) in [6.07, 6.45) is 5.71. The average Bonchev–Trinajstić information content (AvgIpc) is 3.64. The summed E-state index contributed by atoms with van der Waals surface area (Å²) in [5.41, 5.74) is 4.33. The maximum atomic E-state index is 15.9. The highest BCUT2D eigenvalue weighted by atomic mass is 32.1. The van der Waals surface area contributed by atoms with E-state index in [1.807, 2.05) is 44.2 Å². The zero-order valence-corrected chi connectivity index (χ0v) is 29.8. The molecule has 0 bridgehead atoms. The molecule has 3 amide bonds. The molecule has 1 spiro atoms. The van der Waals surface area contributed by atoms with Crippen LogP contribution in [0.25, 0.3) is 10.4 Å². The van der Waals surface area contributed by atoms with Crippen molar-refractivity contribution in [3.05, 3.63) is 105 Å². The van der Waals surface area contributed by atoms with E-state index in [0.717, 1.165) is 60.9 Å². The van der Waals surface area contributed by atoms with Gasteiger partial charge in [0.2, 0.25) is 0 Å². The first-order chi connectivity index (χ1) is 24.7. The van der Waals surface area contributed by atoms with Gasteiger partial charge in [0.1, 0.15) is 10.7 Å². The number of para-hydroxylation sites is 1. The second-order valence-electron chi connectivity index (χ2n) is 13.4. The molecular formula is C38H35FN6O4S2. The number of thiophene rings is 1. The standard InChI is InChI=1S/C38H35FN6O4S2/c1-22-17-28(33(40-18-22)44-20-38(21-44)12-15-49-16-13-38)34(46)42-25-9-7-24(8-10-25)36(48)45-14-11-27-30(39)32(35(47)43-37-41-19-23(2)50-37)51-31(27)26-5-3-4-6-29(26)45/h3-10,17-19H,11-16,20-21H2,1-2H3,(H,42,46)(H,41,43,47). The molecule has 0 radical (unpaired) electrons. The number of fused-ring (bicyclic) bond motifs is 3. The molecule has 51 heavy (non-hydrogen) atoms. The van der Waals surface area contributed by atoms with E-state index >= 15 is 4.39 Å². The summed E-state index contributed by atoms with van der Waals surface area (Å²) in [7, 11) is 0. The maximum absolute atomic E-state index is 15.9. The molecule has 5 aromatic rings. The second-order valence-corrected chi connectivity index (χ2v) is 15.6. The SMILES string of the molecule is Cc1cnc(N2CC3(CCOCC3)C2)c(C(=O)Nc2ccc(C(=O)N3CCc4c(sc(C(=O)Nc5ncc(C)s5)c4F)-c4ccccc43)cc2)c1. The van der Waals surface area contributed by atoms with Crippen LogP contribution in [0.15, 0.2) is 67.0 Å². The number of amides is 3. The van der Waals surface area contributed by atoms with E-state index in [4.69, 9.17) is 4.74 Å². The van der Waals surface area contributed by atoms with Gasteiger partial charge in [-0.25, -0.2) is 14.4 Å². The molecule has 3 aromatic heterocycles. The lowest BCUT2D eigenvalue weighted by Crippen LogP contribution is -2.59. The number of pyridine rings is 1. The molecule has 13 heteroatoms. The van der Waals surface area contributed by atoms with Crippen molar-refractivity contribution in [3.63, 3.8) is 0 Å². The fraction of sp³-hybridized carbons (Fsp3) is 0.289. The average molecular weight is 723 g/mol. The summed E-state index contributed by atoms with van der Waals surface area (Å²) in [5.74, 6) is -0.963. The van der Waals surface area contributed by atoms with Gasteiger partial charge >= 0.3 is 0 Å². The minimum atomic E-state index is -0.575. The largest absolute Gasteiger partial charge is 0.381 e. The van der Waals surface area contributed by atoms with Crippen molar-refractivity contribution >= 4 is 62.7 Å². The van der Waals surface area contributed by atoms with E-state index in [1.165, 1.54) is 11.3 Å². The number of aromatic nitrogens is 2. The van der Waals surface area contributed by atoms with Crippen LogP contribution in [0, 0.1) is 25.1 Å². The first-order valence-electron chi connectivity index (χ1n) is 16.8. The van der Waals surface area contributed by atoms with Crippen LogP contribution in [-0.2, 0) is 11.2 Å². The van der Waals surface area contributed by atoms with Gasteiger partial charge in [-0.3, -0.25) is 19.7 Å². The van der Waals surface area contributed by atoms with Crippen LogP contribution in [0.4, 0.5) is 26.7 Å². The van der Waals surface area contributed by atoms with Crippen molar-refractivity contribution in [2.75, 3.05) is 53.3 Å². The summed E-state index contributed by atoms with van der Waals surface area (Å²) >= 11 is 2.40. The Hall–Kier alpha value is -4.98. The van der Waals surface area contributed by atoms with Gasteiger partial charge in [0.25, 0.3) is 17.7 Å². The molecule has 8 rings (SSSR count). The number of thiazole rings is 1. The number of carbonyl (C=O) groups is 3. The summed E-state index contributed by atoms with van der Waals surface area (Å²) in [4.78, 5) is 54.8. The van der Waals surface area contributed by atoms with Gasteiger partial charge in [-0.15, -0.1) is 22.7 Å². The molecule has 0 aliphatic carbocycles. The Morgan fingerprint density at radius 3 is 2.43 bits per heavy atom. The predicted molar refractivity (Wildman–Crippen MR) is 198 cm³/mol. The number of halogens is 1. The van der Waals surface area contributed by atoms with Crippen LogP contribution in [0.3, 0.4) is 0 Å². The fourth-order valence-corrected chi connectivity index (χ4v) is 8.94. The molecular weight excluding hydrogens is 688 g/mol. The third-order valence-electron chi connectivity index (χ3n) is 9.80. The first kappa shape index (κ1) is 33.2. The summed E-state index contributed by atoms with van der Waals surface area (Å²) in [6.45, 7) is 7.27. The van der Waals surface area contributed by atoms with Crippen molar-refractivity contribution in [1.29, 1.82) is 0 Å². The lowest BCUT2D eigenvalue weighted by atomic mass is 9.73. The van der Waals surface area contributed by atoms with Crippen molar-refractivity contribution in [1.82, 2.24) is 9.97 Å². The van der Waals surface area contributed by atoms with Crippen LogP contribution < -0.4 is 20.4 Å². The molecule has 2 N–H and O–H groups in total. The summed E-state index contributed by atoms with van der Waals surface area (Å²) in [5, 5.41) is 6.11. The molecule has 260 valence electrons. The highest BCUT2D eigenvalue weighted by molar-refractivity contribution is 7.18. The van der Waals surface area contributed by atoms with Gasteiger partial charge < -0.3 is 19.9 Å². The van der Waals surface area contributed by atoms with Gasteiger partial charge in [0.15, 0.2) is 10.9 Å². The number of carbonyl (C=O) groups excluding carboxylic acids is 3. The highest BCUT2D eigenvalue weighted by Crippen LogP contribution is 2.44. The Bertz CT molecular complexity index is 2170. The number of hydrogen-bond acceptors (Lipinski definition) is 9. The normalized spacial score (nSPS) is 16.1.